The van der Waals surface area contributed by atoms with Crippen molar-refractivity contribution in [2.75, 3.05) is 14.2 Å². The number of rotatable bonds is 2. The molecule has 0 saturated heterocycles. The molecule has 0 saturated carbocycles. The number of ether oxygens (including phenoxy) is 3. The van der Waals surface area contributed by atoms with Crippen molar-refractivity contribution < 1.29 is 14.2 Å². The van der Waals surface area contributed by atoms with Crippen molar-refractivity contribution in [1.82, 2.24) is 0 Å². The van der Waals surface area contributed by atoms with Gasteiger partial charge in [0.05, 0.1) is 19.5 Å². The summed E-state index contributed by atoms with van der Waals surface area (Å²) in [5.74, 6) is 3.09. The Hall–Kier alpha value is -1.81. The number of thiol groups is 1. The smallest absolute Gasteiger partial charge is 0.135 e. The topological polar surface area (TPSA) is 27.7 Å². The van der Waals surface area contributed by atoms with Crippen molar-refractivity contribution in [2.24, 2.45) is 0 Å². The predicted octanol–water partition coefficient (Wildman–Crippen LogP) is 3.83. The molecule has 0 atom stereocenters. The highest BCUT2D eigenvalue weighted by Gasteiger charge is 2.25. The molecule has 2 aromatic carbocycles. The number of hydrogen-bond donors (Lipinski definition) is 1. The summed E-state index contributed by atoms with van der Waals surface area (Å²) in [4.78, 5) is 0. The molecule has 0 spiro atoms. The minimum atomic E-state index is -0.00411. The van der Waals surface area contributed by atoms with Gasteiger partial charge in [0.15, 0.2) is 0 Å². The van der Waals surface area contributed by atoms with Crippen LogP contribution in [-0.4, -0.2) is 14.2 Å². The Labute approximate surface area is 117 Å². The largest absolute Gasteiger partial charge is 0.497 e. The van der Waals surface area contributed by atoms with Crippen LogP contribution in [0.4, 0.5) is 0 Å². The average molecular weight is 274 g/mol. The molecule has 0 unspecified atom stereocenters. The van der Waals surface area contributed by atoms with Crippen LogP contribution in [0.1, 0.15) is 16.4 Å². The van der Waals surface area contributed by atoms with Gasteiger partial charge >= 0.3 is 0 Å². The van der Waals surface area contributed by atoms with Gasteiger partial charge in [0.1, 0.15) is 23.0 Å². The van der Waals surface area contributed by atoms with E-state index in [4.69, 9.17) is 14.2 Å². The molecule has 0 aromatic heterocycles. The first-order chi connectivity index (χ1) is 9.22. The highest BCUT2D eigenvalue weighted by Crippen LogP contribution is 2.47. The Morgan fingerprint density at radius 1 is 0.895 bits per heavy atom. The van der Waals surface area contributed by atoms with Gasteiger partial charge in [-0.05, 0) is 12.1 Å². The van der Waals surface area contributed by atoms with Crippen LogP contribution in [-0.2, 0) is 0 Å². The Kier molecular flexibility index (Phi) is 3.03. The zero-order valence-corrected chi connectivity index (χ0v) is 11.6. The van der Waals surface area contributed by atoms with Crippen LogP contribution in [0.5, 0.6) is 23.0 Å². The molecule has 0 fully saturated rings. The van der Waals surface area contributed by atoms with E-state index in [9.17, 15) is 0 Å². The van der Waals surface area contributed by atoms with Crippen molar-refractivity contribution >= 4 is 12.6 Å². The van der Waals surface area contributed by atoms with Gasteiger partial charge in [0.25, 0.3) is 0 Å². The standard InChI is InChI=1S/C15H14O3S/c1-16-9-3-5-11-13(7-9)18-14-8-10(17-2)4-6-12(14)15(11)19/h3-8,15,19H,1-2H3. The van der Waals surface area contributed by atoms with Crippen LogP contribution in [0.2, 0.25) is 0 Å². The Bertz CT molecular complexity index is 571. The summed E-state index contributed by atoms with van der Waals surface area (Å²) in [6.07, 6.45) is 0. The summed E-state index contributed by atoms with van der Waals surface area (Å²) in [6, 6.07) is 11.6. The molecular weight excluding hydrogens is 260 g/mol. The van der Waals surface area contributed by atoms with E-state index in [1.165, 1.54) is 0 Å². The lowest BCUT2D eigenvalue weighted by Gasteiger charge is -2.25. The van der Waals surface area contributed by atoms with E-state index in [1.807, 2.05) is 36.4 Å². The lowest BCUT2D eigenvalue weighted by Crippen LogP contribution is -2.06. The van der Waals surface area contributed by atoms with E-state index in [2.05, 4.69) is 12.6 Å². The fraction of sp³-hybridized carbons (Fsp3) is 0.200. The molecule has 1 aliphatic heterocycles. The summed E-state index contributed by atoms with van der Waals surface area (Å²) >= 11 is 4.69. The van der Waals surface area contributed by atoms with Crippen molar-refractivity contribution in [1.29, 1.82) is 0 Å². The summed E-state index contributed by atoms with van der Waals surface area (Å²) in [5.41, 5.74) is 2.09. The highest BCUT2D eigenvalue weighted by molar-refractivity contribution is 7.80. The van der Waals surface area contributed by atoms with E-state index in [-0.39, 0.29) is 5.25 Å². The van der Waals surface area contributed by atoms with E-state index in [0.717, 1.165) is 34.1 Å². The molecule has 0 bridgehead atoms. The van der Waals surface area contributed by atoms with Gasteiger partial charge < -0.3 is 14.2 Å². The summed E-state index contributed by atoms with van der Waals surface area (Å²) in [6.45, 7) is 0. The van der Waals surface area contributed by atoms with Gasteiger partial charge in [-0.3, -0.25) is 0 Å². The predicted molar refractivity (Wildman–Crippen MR) is 76.9 cm³/mol. The molecule has 4 heteroatoms. The van der Waals surface area contributed by atoms with Crippen molar-refractivity contribution in [3.8, 4) is 23.0 Å². The van der Waals surface area contributed by atoms with Crippen LogP contribution >= 0.6 is 12.6 Å². The first kappa shape index (κ1) is 12.2. The highest BCUT2D eigenvalue weighted by atomic mass is 32.1. The molecule has 98 valence electrons. The number of fused-ring (bicyclic) bond motifs is 2. The van der Waals surface area contributed by atoms with Gasteiger partial charge in [-0.15, -0.1) is 0 Å². The van der Waals surface area contributed by atoms with E-state index >= 15 is 0 Å². The number of methoxy groups -OCH3 is 2. The molecule has 0 aliphatic carbocycles. The third-order valence-electron chi connectivity index (χ3n) is 3.25. The molecule has 0 radical (unpaired) electrons. The quantitative estimate of drug-likeness (QED) is 0.843. The third kappa shape index (κ3) is 2.02. The van der Waals surface area contributed by atoms with Crippen molar-refractivity contribution in [3.05, 3.63) is 47.5 Å². The second kappa shape index (κ2) is 4.70. The van der Waals surface area contributed by atoms with Crippen LogP contribution in [0.25, 0.3) is 0 Å². The summed E-state index contributed by atoms with van der Waals surface area (Å²) < 4.78 is 16.4. The molecule has 1 heterocycles. The lowest BCUT2D eigenvalue weighted by molar-refractivity contribution is 0.399. The third-order valence-corrected chi connectivity index (χ3v) is 3.81. The van der Waals surface area contributed by atoms with Crippen LogP contribution in [0.15, 0.2) is 36.4 Å². The average Bonchev–Trinajstić information content (AvgIpc) is 2.46. The Morgan fingerprint density at radius 2 is 1.37 bits per heavy atom. The molecule has 0 N–H and O–H groups in total. The van der Waals surface area contributed by atoms with Gasteiger partial charge in [0, 0.05) is 23.3 Å². The molecule has 2 aromatic rings. The first-order valence-corrected chi connectivity index (χ1v) is 6.46. The zero-order valence-electron chi connectivity index (χ0n) is 10.7. The maximum Gasteiger partial charge on any atom is 0.135 e. The van der Waals surface area contributed by atoms with Gasteiger partial charge in [-0.2, -0.15) is 12.6 Å². The SMILES string of the molecule is COc1ccc2c(c1)Oc1cc(OC)ccc1C2S. The first-order valence-electron chi connectivity index (χ1n) is 5.94. The second-order valence-corrected chi connectivity index (χ2v) is 4.83. The molecule has 3 rings (SSSR count). The Morgan fingerprint density at radius 3 is 1.79 bits per heavy atom. The molecular formula is C15H14O3S. The van der Waals surface area contributed by atoms with E-state index < -0.39 is 0 Å². The minimum Gasteiger partial charge on any atom is -0.497 e. The summed E-state index contributed by atoms with van der Waals surface area (Å²) in [7, 11) is 3.28. The van der Waals surface area contributed by atoms with Gasteiger partial charge in [0.2, 0.25) is 0 Å². The van der Waals surface area contributed by atoms with Crippen LogP contribution in [0, 0.1) is 0 Å². The molecule has 0 amide bonds. The fourth-order valence-electron chi connectivity index (χ4n) is 2.20. The van der Waals surface area contributed by atoms with Crippen molar-refractivity contribution in [2.45, 2.75) is 5.25 Å². The molecule has 1 aliphatic rings. The number of hydrogen-bond acceptors (Lipinski definition) is 4. The molecule has 3 nitrogen and oxygen atoms in total. The zero-order chi connectivity index (χ0) is 13.4. The maximum absolute atomic E-state index is 5.92. The number of benzene rings is 2. The van der Waals surface area contributed by atoms with Crippen LogP contribution in [0.3, 0.4) is 0 Å². The molecule has 19 heavy (non-hydrogen) atoms. The fourth-order valence-corrected chi connectivity index (χ4v) is 2.62. The van der Waals surface area contributed by atoms with Gasteiger partial charge in [-0.1, -0.05) is 12.1 Å². The van der Waals surface area contributed by atoms with E-state index in [1.54, 1.807) is 14.2 Å². The van der Waals surface area contributed by atoms with Gasteiger partial charge in [-0.25, -0.2) is 0 Å². The maximum atomic E-state index is 5.92. The minimum absolute atomic E-state index is 0.00411. The monoisotopic (exact) mass is 274 g/mol. The van der Waals surface area contributed by atoms with E-state index in [0.29, 0.717) is 0 Å². The summed E-state index contributed by atoms with van der Waals surface area (Å²) in [5, 5.41) is -0.00411. The van der Waals surface area contributed by atoms with Crippen LogP contribution < -0.4 is 14.2 Å². The normalized spacial score (nSPS) is 13.2. The van der Waals surface area contributed by atoms with Crippen molar-refractivity contribution in [3.63, 3.8) is 0 Å². The lowest BCUT2D eigenvalue weighted by atomic mass is 9.99. The second-order valence-electron chi connectivity index (χ2n) is 4.31. The Balaban J connectivity index is 2.08.